The highest BCUT2D eigenvalue weighted by Crippen LogP contribution is 2.19. The Morgan fingerprint density at radius 2 is 2.24 bits per heavy atom. The molecule has 0 atom stereocenters. The predicted molar refractivity (Wildman–Crippen MR) is 63.0 cm³/mol. The van der Waals surface area contributed by atoms with Crippen molar-refractivity contribution in [3.63, 3.8) is 0 Å². The van der Waals surface area contributed by atoms with E-state index in [0.29, 0.717) is 11.3 Å². The summed E-state index contributed by atoms with van der Waals surface area (Å²) in [5.74, 6) is 5.58. The topological polar surface area (TPSA) is 59.7 Å². The van der Waals surface area contributed by atoms with Gasteiger partial charge in [0.2, 0.25) is 0 Å². The molecule has 1 heterocycles. The van der Waals surface area contributed by atoms with Gasteiger partial charge in [0.1, 0.15) is 23.5 Å². The van der Waals surface area contributed by atoms with Gasteiger partial charge in [-0.05, 0) is 18.2 Å². The van der Waals surface area contributed by atoms with Crippen LogP contribution in [-0.2, 0) is 0 Å². The zero-order valence-corrected chi connectivity index (χ0v) is 9.19. The molecule has 0 amide bonds. The summed E-state index contributed by atoms with van der Waals surface area (Å²) in [6.45, 7) is -0.292. The molecule has 1 aromatic carbocycles. The van der Waals surface area contributed by atoms with Crippen molar-refractivity contribution in [1.29, 1.82) is 0 Å². The van der Waals surface area contributed by atoms with Crippen LogP contribution in [0.4, 0.5) is 0 Å². The second-order valence-electron chi connectivity index (χ2n) is 3.31. The van der Waals surface area contributed by atoms with E-state index in [1.54, 1.807) is 31.4 Å². The second-order valence-corrected chi connectivity index (χ2v) is 3.31. The van der Waals surface area contributed by atoms with E-state index in [2.05, 4.69) is 11.8 Å². The SMILES string of the molecule is COc1ccc2cc(C#CCO)c(=O)oc2c1. The molecule has 1 aromatic heterocycles. The van der Waals surface area contributed by atoms with Gasteiger partial charge >= 0.3 is 5.63 Å². The molecule has 0 saturated heterocycles. The van der Waals surface area contributed by atoms with Gasteiger partial charge in [-0.1, -0.05) is 11.8 Å². The fourth-order valence-electron chi connectivity index (χ4n) is 1.44. The van der Waals surface area contributed by atoms with Gasteiger partial charge in [-0.3, -0.25) is 0 Å². The van der Waals surface area contributed by atoms with Crippen molar-refractivity contribution in [3.8, 4) is 17.6 Å². The van der Waals surface area contributed by atoms with Crippen molar-refractivity contribution in [1.82, 2.24) is 0 Å². The molecule has 4 nitrogen and oxygen atoms in total. The van der Waals surface area contributed by atoms with Crippen LogP contribution in [0.3, 0.4) is 0 Å². The first-order valence-corrected chi connectivity index (χ1v) is 4.96. The number of benzene rings is 1. The highest BCUT2D eigenvalue weighted by molar-refractivity contribution is 5.79. The fourth-order valence-corrected chi connectivity index (χ4v) is 1.44. The van der Waals surface area contributed by atoms with E-state index in [9.17, 15) is 4.79 Å². The quantitative estimate of drug-likeness (QED) is 0.589. The van der Waals surface area contributed by atoms with Crippen molar-refractivity contribution in [2.45, 2.75) is 0 Å². The molecule has 0 aliphatic carbocycles. The third-order valence-corrected chi connectivity index (χ3v) is 2.25. The molecule has 0 fully saturated rings. The monoisotopic (exact) mass is 230 g/mol. The maximum Gasteiger partial charge on any atom is 0.352 e. The first-order chi connectivity index (χ1) is 8.24. The second kappa shape index (κ2) is 4.73. The van der Waals surface area contributed by atoms with Gasteiger partial charge in [0.15, 0.2) is 0 Å². The first-order valence-electron chi connectivity index (χ1n) is 4.96. The molecule has 2 aromatic rings. The lowest BCUT2D eigenvalue weighted by Crippen LogP contribution is -2.03. The molecule has 86 valence electrons. The van der Waals surface area contributed by atoms with Crippen LogP contribution in [0.1, 0.15) is 5.56 Å². The van der Waals surface area contributed by atoms with Crippen molar-refractivity contribution in [2.75, 3.05) is 13.7 Å². The van der Waals surface area contributed by atoms with E-state index in [-0.39, 0.29) is 12.2 Å². The van der Waals surface area contributed by atoms with Crippen molar-refractivity contribution >= 4 is 11.0 Å². The molecule has 2 rings (SSSR count). The zero-order chi connectivity index (χ0) is 12.3. The van der Waals surface area contributed by atoms with Crippen LogP contribution in [0.2, 0.25) is 0 Å². The van der Waals surface area contributed by atoms with Crippen molar-refractivity contribution in [3.05, 3.63) is 40.2 Å². The lowest BCUT2D eigenvalue weighted by molar-refractivity contribution is 0.350. The van der Waals surface area contributed by atoms with E-state index in [1.807, 2.05) is 0 Å². The zero-order valence-electron chi connectivity index (χ0n) is 9.19. The van der Waals surface area contributed by atoms with Gasteiger partial charge < -0.3 is 14.3 Å². The van der Waals surface area contributed by atoms with Gasteiger partial charge in [0, 0.05) is 11.5 Å². The summed E-state index contributed by atoms with van der Waals surface area (Å²) in [5, 5.41) is 9.33. The molecule has 0 aliphatic rings. The summed E-state index contributed by atoms with van der Waals surface area (Å²) in [7, 11) is 1.54. The summed E-state index contributed by atoms with van der Waals surface area (Å²) in [6.07, 6.45) is 0. The first kappa shape index (κ1) is 11.2. The lowest BCUT2D eigenvalue weighted by atomic mass is 10.2. The predicted octanol–water partition coefficient (Wildman–Crippen LogP) is 1.15. The number of aliphatic hydroxyl groups excluding tert-OH is 1. The van der Waals surface area contributed by atoms with Crippen LogP contribution < -0.4 is 10.4 Å². The van der Waals surface area contributed by atoms with Crippen molar-refractivity contribution in [2.24, 2.45) is 0 Å². The third-order valence-electron chi connectivity index (χ3n) is 2.25. The van der Waals surface area contributed by atoms with Gasteiger partial charge in [-0.2, -0.15) is 0 Å². The summed E-state index contributed by atoms with van der Waals surface area (Å²) in [5.41, 5.74) is 0.160. The summed E-state index contributed by atoms with van der Waals surface area (Å²) in [4.78, 5) is 11.5. The Balaban J connectivity index is 2.62. The molecular weight excluding hydrogens is 220 g/mol. The van der Waals surface area contributed by atoms with Gasteiger partial charge in [0.25, 0.3) is 0 Å². The third kappa shape index (κ3) is 2.30. The number of methoxy groups -OCH3 is 1. The van der Waals surface area contributed by atoms with Gasteiger partial charge in [-0.15, -0.1) is 0 Å². The molecule has 0 spiro atoms. The van der Waals surface area contributed by atoms with E-state index in [1.165, 1.54) is 0 Å². The lowest BCUT2D eigenvalue weighted by Gasteiger charge is -2.01. The Morgan fingerprint density at radius 3 is 2.94 bits per heavy atom. The normalized spacial score (nSPS) is 9.76. The number of rotatable bonds is 1. The maximum atomic E-state index is 11.5. The van der Waals surface area contributed by atoms with Crippen molar-refractivity contribution < 1.29 is 14.3 Å². The molecule has 0 bridgehead atoms. The fraction of sp³-hybridized carbons (Fsp3) is 0.154. The number of hydrogen-bond donors (Lipinski definition) is 1. The molecule has 17 heavy (non-hydrogen) atoms. The van der Waals surface area contributed by atoms with Crippen LogP contribution in [-0.4, -0.2) is 18.8 Å². The minimum atomic E-state index is -0.522. The number of ether oxygens (including phenoxy) is 1. The molecule has 0 aliphatic heterocycles. The van der Waals surface area contributed by atoms with Crippen LogP contribution in [0.5, 0.6) is 5.75 Å². The minimum absolute atomic E-state index is 0.233. The molecule has 0 radical (unpaired) electrons. The smallest absolute Gasteiger partial charge is 0.352 e. The van der Waals surface area contributed by atoms with Gasteiger partial charge in [-0.25, -0.2) is 4.79 Å². The maximum absolute atomic E-state index is 11.5. The highest BCUT2D eigenvalue weighted by atomic mass is 16.5. The summed E-state index contributed by atoms with van der Waals surface area (Å²) < 4.78 is 10.1. The summed E-state index contributed by atoms with van der Waals surface area (Å²) >= 11 is 0. The molecule has 4 heteroatoms. The van der Waals surface area contributed by atoms with Crippen LogP contribution >= 0.6 is 0 Å². The number of aliphatic hydroxyl groups is 1. The van der Waals surface area contributed by atoms with E-state index < -0.39 is 5.63 Å². The average Bonchev–Trinajstić information content (AvgIpc) is 2.35. The molecule has 0 unspecified atom stereocenters. The Labute approximate surface area is 97.4 Å². The minimum Gasteiger partial charge on any atom is -0.497 e. The standard InChI is InChI=1S/C13H10O4/c1-16-11-5-4-9-7-10(3-2-6-14)13(15)17-12(9)8-11/h4-5,7-8,14H,6H2,1H3. The number of hydrogen-bond acceptors (Lipinski definition) is 4. The van der Waals surface area contributed by atoms with Crippen LogP contribution in [0.25, 0.3) is 11.0 Å². The Hall–Kier alpha value is -2.25. The van der Waals surface area contributed by atoms with Crippen LogP contribution in [0, 0.1) is 11.8 Å². The van der Waals surface area contributed by atoms with Crippen LogP contribution in [0.15, 0.2) is 33.5 Å². The average molecular weight is 230 g/mol. The molecule has 0 saturated carbocycles. The Bertz CT molecular complexity index is 658. The molecule has 1 N–H and O–H groups in total. The summed E-state index contributed by atoms with van der Waals surface area (Å²) in [6, 6.07) is 6.82. The van der Waals surface area contributed by atoms with Gasteiger partial charge in [0.05, 0.1) is 7.11 Å². The Kier molecular flexibility index (Phi) is 3.12. The van der Waals surface area contributed by atoms with E-state index in [4.69, 9.17) is 14.3 Å². The highest BCUT2D eigenvalue weighted by Gasteiger charge is 2.04. The largest absolute Gasteiger partial charge is 0.497 e. The Morgan fingerprint density at radius 1 is 1.41 bits per heavy atom. The van der Waals surface area contributed by atoms with E-state index in [0.717, 1.165) is 5.39 Å². The van der Waals surface area contributed by atoms with E-state index >= 15 is 0 Å². The molecular formula is C13H10O4. The number of fused-ring (bicyclic) bond motifs is 1.